The molecule has 0 atom stereocenters. The van der Waals surface area contributed by atoms with Gasteiger partial charge in [0.1, 0.15) is 4.90 Å². The fourth-order valence-corrected chi connectivity index (χ4v) is 6.00. The number of rotatable bonds is 4. The molecule has 2 fully saturated rings. The second-order valence-electron chi connectivity index (χ2n) is 7.61. The van der Waals surface area contributed by atoms with Gasteiger partial charge in [0.05, 0.1) is 11.4 Å². The maximum Gasteiger partial charge on any atom is 0.246 e. The number of nitrogens with zero attached hydrogens (tertiary/aromatic N) is 3. The van der Waals surface area contributed by atoms with Crippen molar-refractivity contribution >= 4 is 15.9 Å². The molecule has 3 rings (SSSR count). The average molecular weight is 383 g/mol. The van der Waals surface area contributed by atoms with Crippen LogP contribution in [0.15, 0.2) is 4.90 Å². The van der Waals surface area contributed by atoms with E-state index < -0.39 is 10.0 Å². The lowest BCUT2D eigenvalue weighted by Gasteiger charge is -2.26. The SMILES string of the molecule is Cc1n[nH]c(C)c1S(=O)(=O)N1CCCN(C(=O)CC2CCCCC2)CC1. The molecular weight excluding hydrogens is 352 g/mol. The molecule has 1 aliphatic carbocycles. The summed E-state index contributed by atoms with van der Waals surface area (Å²) in [4.78, 5) is 14.8. The van der Waals surface area contributed by atoms with E-state index in [0.717, 1.165) is 12.8 Å². The monoisotopic (exact) mass is 382 g/mol. The quantitative estimate of drug-likeness (QED) is 0.865. The number of amides is 1. The van der Waals surface area contributed by atoms with E-state index in [-0.39, 0.29) is 10.8 Å². The largest absolute Gasteiger partial charge is 0.341 e. The summed E-state index contributed by atoms with van der Waals surface area (Å²) in [6.45, 7) is 5.34. The summed E-state index contributed by atoms with van der Waals surface area (Å²) in [5.41, 5.74) is 1.06. The van der Waals surface area contributed by atoms with Gasteiger partial charge in [-0.1, -0.05) is 19.3 Å². The van der Waals surface area contributed by atoms with Crippen LogP contribution in [0.2, 0.25) is 0 Å². The standard InChI is InChI=1S/C18H30N4O3S/c1-14-18(15(2)20-19-14)26(24,25)22-10-6-9-21(11-12-22)17(23)13-16-7-4-3-5-8-16/h16H,3-13H2,1-2H3,(H,19,20). The first kappa shape index (κ1) is 19.4. The van der Waals surface area contributed by atoms with Crippen molar-refractivity contribution in [3.63, 3.8) is 0 Å². The number of hydrogen-bond acceptors (Lipinski definition) is 4. The zero-order valence-electron chi connectivity index (χ0n) is 15.8. The molecule has 1 saturated heterocycles. The second kappa shape index (κ2) is 8.08. The van der Waals surface area contributed by atoms with E-state index in [9.17, 15) is 13.2 Å². The molecule has 1 aliphatic heterocycles. The summed E-state index contributed by atoms with van der Waals surface area (Å²) in [6, 6.07) is 0. The van der Waals surface area contributed by atoms with E-state index in [4.69, 9.17) is 0 Å². The zero-order chi connectivity index (χ0) is 18.7. The molecule has 1 amide bonds. The van der Waals surface area contributed by atoms with Gasteiger partial charge in [0.15, 0.2) is 0 Å². The minimum absolute atomic E-state index is 0.187. The Hall–Kier alpha value is -1.41. The third-order valence-electron chi connectivity index (χ3n) is 5.65. The molecule has 0 spiro atoms. The van der Waals surface area contributed by atoms with Crippen molar-refractivity contribution < 1.29 is 13.2 Å². The summed E-state index contributed by atoms with van der Waals surface area (Å²) in [6.07, 6.45) is 7.34. The summed E-state index contributed by atoms with van der Waals surface area (Å²) in [7, 11) is -3.58. The highest BCUT2D eigenvalue weighted by atomic mass is 32.2. The number of hydrogen-bond donors (Lipinski definition) is 1. The topological polar surface area (TPSA) is 86.4 Å². The van der Waals surface area contributed by atoms with Gasteiger partial charge >= 0.3 is 0 Å². The minimum atomic E-state index is -3.58. The van der Waals surface area contributed by atoms with Crippen molar-refractivity contribution in [2.75, 3.05) is 26.2 Å². The van der Waals surface area contributed by atoms with E-state index >= 15 is 0 Å². The molecule has 2 heterocycles. The van der Waals surface area contributed by atoms with Crippen LogP contribution in [0.5, 0.6) is 0 Å². The average Bonchev–Trinajstić information content (AvgIpc) is 2.82. The Balaban J connectivity index is 1.63. The molecule has 0 bridgehead atoms. The molecule has 1 aromatic rings. The third-order valence-corrected chi connectivity index (χ3v) is 7.82. The number of carbonyl (C=O) groups is 1. The Morgan fingerprint density at radius 2 is 1.81 bits per heavy atom. The second-order valence-corrected chi connectivity index (χ2v) is 9.48. The number of sulfonamides is 1. The van der Waals surface area contributed by atoms with Crippen LogP contribution in [0.4, 0.5) is 0 Å². The number of aryl methyl sites for hydroxylation is 2. The van der Waals surface area contributed by atoms with Crippen LogP contribution < -0.4 is 0 Å². The van der Waals surface area contributed by atoms with Gasteiger partial charge in [-0.05, 0) is 39.0 Å². The lowest BCUT2D eigenvalue weighted by molar-refractivity contribution is -0.132. The van der Waals surface area contributed by atoms with Gasteiger partial charge in [0, 0.05) is 32.6 Å². The van der Waals surface area contributed by atoms with Crippen LogP contribution in [-0.4, -0.2) is 59.9 Å². The molecule has 26 heavy (non-hydrogen) atoms. The first-order chi connectivity index (χ1) is 12.4. The third kappa shape index (κ3) is 4.11. The van der Waals surface area contributed by atoms with E-state index in [1.807, 2.05) is 4.90 Å². The van der Waals surface area contributed by atoms with E-state index in [1.54, 1.807) is 13.8 Å². The first-order valence-electron chi connectivity index (χ1n) is 9.69. The van der Waals surface area contributed by atoms with Gasteiger partial charge in [0.2, 0.25) is 15.9 Å². The molecule has 1 saturated carbocycles. The van der Waals surface area contributed by atoms with Crippen molar-refractivity contribution in [2.24, 2.45) is 5.92 Å². The van der Waals surface area contributed by atoms with Crippen LogP contribution in [0, 0.1) is 19.8 Å². The maximum atomic E-state index is 13.0. The van der Waals surface area contributed by atoms with Gasteiger partial charge < -0.3 is 4.90 Å². The van der Waals surface area contributed by atoms with Crippen LogP contribution in [-0.2, 0) is 14.8 Å². The highest BCUT2D eigenvalue weighted by Gasteiger charge is 2.32. The fraction of sp³-hybridized carbons (Fsp3) is 0.778. The summed E-state index contributed by atoms with van der Waals surface area (Å²) >= 11 is 0. The van der Waals surface area contributed by atoms with Crippen LogP contribution >= 0.6 is 0 Å². The summed E-state index contributed by atoms with van der Waals surface area (Å²) < 4.78 is 27.5. The maximum absolute atomic E-state index is 13.0. The lowest BCUT2D eigenvalue weighted by Crippen LogP contribution is -2.38. The predicted molar refractivity (Wildman–Crippen MR) is 99.2 cm³/mol. The van der Waals surface area contributed by atoms with Crippen molar-refractivity contribution in [1.82, 2.24) is 19.4 Å². The van der Waals surface area contributed by atoms with Gasteiger partial charge in [-0.25, -0.2) is 8.42 Å². The molecule has 0 aromatic carbocycles. The Bertz CT molecular complexity index is 718. The Morgan fingerprint density at radius 1 is 1.08 bits per heavy atom. The molecule has 7 nitrogen and oxygen atoms in total. The summed E-state index contributed by atoms with van der Waals surface area (Å²) in [5, 5.41) is 6.76. The number of H-pyrrole nitrogens is 1. The number of carbonyl (C=O) groups excluding carboxylic acids is 1. The van der Waals surface area contributed by atoms with Gasteiger partial charge in [-0.3, -0.25) is 9.89 Å². The molecule has 8 heteroatoms. The van der Waals surface area contributed by atoms with Crippen LogP contribution in [0.3, 0.4) is 0 Å². The summed E-state index contributed by atoms with van der Waals surface area (Å²) in [5.74, 6) is 0.697. The number of aromatic amines is 1. The molecule has 2 aliphatic rings. The van der Waals surface area contributed by atoms with E-state index in [0.29, 0.717) is 56.3 Å². The normalized spacial score (nSPS) is 20.9. The van der Waals surface area contributed by atoms with Crippen molar-refractivity contribution in [3.8, 4) is 0 Å². The number of nitrogens with one attached hydrogen (secondary N) is 1. The highest BCUT2D eigenvalue weighted by Crippen LogP contribution is 2.27. The molecule has 1 aromatic heterocycles. The lowest BCUT2D eigenvalue weighted by atomic mass is 9.86. The van der Waals surface area contributed by atoms with Gasteiger partial charge in [0.25, 0.3) is 0 Å². The van der Waals surface area contributed by atoms with Gasteiger partial charge in [-0.2, -0.15) is 9.40 Å². The molecular formula is C18H30N4O3S. The molecule has 1 N–H and O–H groups in total. The highest BCUT2D eigenvalue weighted by molar-refractivity contribution is 7.89. The van der Waals surface area contributed by atoms with Crippen molar-refractivity contribution in [1.29, 1.82) is 0 Å². The van der Waals surface area contributed by atoms with E-state index in [1.165, 1.54) is 23.6 Å². The fourth-order valence-electron chi connectivity index (χ4n) is 4.20. The zero-order valence-corrected chi connectivity index (χ0v) is 16.6. The van der Waals surface area contributed by atoms with Gasteiger partial charge in [-0.15, -0.1) is 0 Å². The smallest absolute Gasteiger partial charge is 0.246 e. The first-order valence-corrected chi connectivity index (χ1v) is 11.1. The molecule has 0 unspecified atom stereocenters. The van der Waals surface area contributed by atoms with E-state index in [2.05, 4.69) is 10.2 Å². The molecule has 146 valence electrons. The van der Waals surface area contributed by atoms with Crippen molar-refractivity contribution in [2.45, 2.75) is 63.7 Å². The van der Waals surface area contributed by atoms with Crippen LogP contribution in [0.25, 0.3) is 0 Å². The molecule has 0 radical (unpaired) electrons. The Labute approximate surface area is 156 Å². The number of aromatic nitrogens is 2. The Kier molecular flexibility index (Phi) is 6.02. The van der Waals surface area contributed by atoms with Crippen molar-refractivity contribution in [3.05, 3.63) is 11.4 Å². The minimum Gasteiger partial charge on any atom is -0.341 e. The van der Waals surface area contributed by atoms with Crippen LogP contribution in [0.1, 0.15) is 56.3 Å². The Morgan fingerprint density at radius 3 is 2.46 bits per heavy atom. The predicted octanol–water partition coefficient (Wildman–Crippen LogP) is 2.22.